The van der Waals surface area contributed by atoms with Gasteiger partial charge in [-0.15, -0.1) is 0 Å². The molecule has 0 aliphatic rings. The van der Waals surface area contributed by atoms with Crippen molar-refractivity contribution in [2.45, 2.75) is 111 Å². The second-order valence-electron chi connectivity index (χ2n) is 7.94. The van der Waals surface area contributed by atoms with E-state index in [1.54, 1.807) is 0 Å². The highest BCUT2D eigenvalue weighted by atomic mass is 32.3. The maximum absolute atomic E-state index is 10.3. The Morgan fingerprint density at radius 1 is 0.742 bits per heavy atom. The van der Waals surface area contributed by atoms with Crippen LogP contribution < -0.4 is 0 Å². The zero-order chi connectivity index (χ0) is 23.6. The summed E-state index contributed by atoms with van der Waals surface area (Å²) < 4.78 is 33.3. The molecule has 0 aromatic heterocycles. The summed E-state index contributed by atoms with van der Waals surface area (Å²) in [6, 6.07) is 0. The molecule has 7 heteroatoms. The molecular weight excluding hydrogens is 414 g/mol. The lowest BCUT2D eigenvalue weighted by Gasteiger charge is -2.15. The molecule has 0 saturated carbocycles. The molecule has 188 valence electrons. The van der Waals surface area contributed by atoms with Crippen LogP contribution in [0.15, 0.2) is 12.2 Å². The number of likely N-dealkylation sites (N-methyl/N-ethyl adjacent to an activating group) is 1. The first-order valence-corrected chi connectivity index (χ1v) is 13.9. The van der Waals surface area contributed by atoms with E-state index in [1.807, 2.05) is 0 Å². The van der Waals surface area contributed by atoms with Gasteiger partial charge >= 0.3 is 10.4 Å². The molecule has 0 amide bonds. The molecule has 6 nitrogen and oxygen atoms in total. The predicted molar refractivity (Wildman–Crippen MR) is 132 cm³/mol. The predicted octanol–water partition coefficient (Wildman–Crippen LogP) is 6.16. The van der Waals surface area contributed by atoms with Gasteiger partial charge in [0.15, 0.2) is 0 Å². The summed E-state index contributed by atoms with van der Waals surface area (Å²) in [5, 5.41) is 8.46. The van der Waals surface area contributed by atoms with Crippen LogP contribution in [0.3, 0.4) is 0 Å². The van der Waals surface area contributed by atoms with Crippen LogP contribution >= 0.6 is 0 Å². The Hall–Kier alpha value is -0.470. The molecule has 0 atom stereocenters. The highest BCUT2D eigenvalue weighted by Crippen LogP contribution is 2.10. The standard InChI is InChI=1S/C18H36O4S.C6H15NO/c1-2-3-4-5-6-7-8-9-10-11-12-13-14-15-16-17-18-22-23(19,20)21;1-3-7(4-2)5-6-8/h9-10H,2-8,11-18H2,1H3,(H,19,20,21);8H,3-6H2,1-2H3/b10-9+;. The molecule has 0 radical (unpaired) electrons. The van der Waals surface area contributed by atoms with Gasteiger partial charge in [-0.25, -0.2) is 4.18 Å². The largest absolute Gasteiger partial charge is 0.397 e. The normalized spacial score (nSPS) is 11.8. The fourth-order valence-corrected chi connectivity index (χ4v) is 3.52. The quantitative estimate of drug-likeness (QED) is 0.120. The van der Waals surface area contributed by atoms with Gasteiger partial charge in [0.25, 0.3) is 0 Å². The average molecular weight is 466 g/mol. The molecule has 0 aliphatic heterocycles. The van der Waals surface area contributed by atoms with Crippen LogP contribution in [-0.2, 0) is 14.6 Å². The summed E-state index contributed by atoms with van der Waals surface area (Å²) in [5.41, 5.74) is 0. The van der Waals surface area contributed by atoms with Gasteiger partial charge in [-0.2, -0.15) is 8.42 Å². The van der Waals surface area contributed by atoms with E-state index in [-0.39, 0.29) is 13.2 Å². The summed E-state index contributed by atoms with van der Waals surface area (Å²) in [4.78, 5) is 2.18. The fraction of sp³-hybridized carbons (Fsp3) is 0.917. The van der Waals surface area contributed by atoms with Crippen molar-refractivity contribution in [2.75, 3.05) is 32.8 Å². The maximum atomic E-state index is 10.3. The van der Waals surface area contributed by atoms with Crippen molar-refractivity contribution in [3.8, 4) is 0 Å². The molecule has 0 aromatic rings. The SMILES string of the molecule is CCCCCCCC/C=C/CCCCCCCCOS(=O)(=O)O.CCN(CC)CCO. The minimum atomic E-state index is -4.25. The summed E-state index contributed by atoms with van der Waals surface area (Å²) in [7, 11) is -4.25. The first-order valence-electron chi connectivity index (χ1n) is 12.5. The average Bonchev–Trinajstić information content (AvgIpc) is 2.74. The Morgan fingerprint density at radius 2 is 1.19 bits per heavy atom. The molecule has 0 spiro atoms. The number of nitrogens with zero attached hydrogens (tertiary/aromatic N) is 1. The molecule has 0 bridgehead atoms. The Labute approximate surface area is 193 Å². The van der Waals surface area contributed by atoms with Crippen molar-refractivity contribution in [1.29, 1.82) is 0 Å². The maximum Gasteiger partial charge on any atom is 0.397 e. The van der Waals surface area contributed by atoms with E-state index < -0.39 is 10.4 Å². The van der Waals surface area contributed by atoms with Crippen LogP contribution in [-0.4, -0.2) is 55.8 Å². The molecular formula is C24H51NO5S. The Kier molecular flexibility index (Phi) is 27.2. The molecule has 0 saturated heterocycles. The summed E-state index contributed by atoms with van der Waals surface area (Å²) in [6.45, 7) is 9.70. The van der Waals surface area contributed by atoms with Gasteiger partial charge in [-0.3, -0.25) is 4.55 Å². The van der Waals surface area contributed by atoms with Crippen LogP contribution in [0.4, 0.5) is 0 Å². The number of aliphatic hydroxyl groups is 1. The number of allylic oxidation sites excluding steroid dienone is 2. The highest BCUT2D eigenvalue weighted by molar-refractivity contribution is 7.80. The van der Waals surface area contributed by atoms with Gasteiger partial charge in [0.2, 0.25) is 0 Å². The third kappa shape index (κ3) is 31.8. The van der Waals surface area contributed by atoms with E-state index in [4.69, 9.17) is 9.66 Å². The molecule has 0 aromatic carbocycles. The zero-order valence-electron chi connectivity index (χ0n) is 20.6. The van der Waals surface area contributed by atoms with E-state index in [0.717, 1.165) is 32.5 Å². The lowest BCUT2D eigenvalue weighted by atomic mass is 10.1. The third-order valence-corrected chi connectivity index (χ3v) is 5.66. The first-order chi connectivity index (χ1) is 14.9. The van der Waals surface area contributed by atoms with Gasteiger partial charge < -0.3 is 10.0 Å². The topological polar surface area (TPSA) is 87.1 Å². The molecule has 0 aliphatic carbocycles. The summed E-state index contributed by atoms with van der Waals surface area (Å²) >= 11 is 0. The van der Waals surface area contributed by atoms with Crippen molar-refractivity contribution in [3.05, 3.63) is 12.2 Å². The molecule has 0 unspecified atom stereocenters. The monoisotopic (exact) mass is 465 g/mol. The van der Waals surface area contributed by atoms with Gasteiger partial charge in [0, 0.05) is 6.54 Å². The number of aliphatic hydroxyl groups excluding tert-OH is 1. The van der Waals surface area contributed by atoms with Crippen molar-refractivity contribution in [1.82, 2.24) is 4.90 Å². The van der Waals surface area contributed by atoms with Crippen LogP contribution in [0.25, 0.3) is 0 Å². The second-order valence-corrected chi connectivity index (χ2v) is 9.03. The lowest BCUT2D eigenvalue weighted by Crippen LogP contribution is -2.25. The zero-order valence-corrected chi connectivity index (χ0v) is 21.4. The van der Waals surface area contributed by atoms with Crippen molar-refractivity contribution in [3.63, 3.8) is 0 Å². The lowest BCUT2D eigenvalue weighted by molar-refractivity contribution is 0.208. The molecule has 0 heterocycles. The molecule has 0 fully saturated rings. The fourth-order valence-electron chi connectivity index (χ4n) is 3.20. The Bertz CT molecular complexity index is 465. The number of rotatable bonds is 21. The third-order valence-electron chi connectivity index (χ3n) is 5.20. The minimum absolute atomic E-state index is 0.0833. The van der Waals surface area contributed by atoms with E-state index in [9.17, 15) is 8.42 Å². The van der Waals surface area contributed by atoms with Crippen molar-refractivity contribution < 1.29 is 22.3 Å². The van der Waals surface area contributed by atoms with Crippen molar-refractivity contribution in [2.24, 2.45) is 0 Å². The smallest absolute Gasteiger partial charge is 0.395 e. The van der Waals surface area contributed by atoms with Crippen LogP contribution in [0.1, 0.15) is 111 Å². The molecule has 2 N–H and O–H groups in total. The highest BCUT2D eigenvalue weighted by Gasteiger charge is 2.02. The van der Waals surface area contributed by atoms with Gasteiger partial charge in [0.1, 0.15) is 0 Å². The first kappa shape index (κ1) is 32.7. The number of hydrogen-bond donors (Lipinski definition) is 2. The molecule has 31 heavy (non-hydrogen) atoms. The summed E-state index contributed by atoms with van der Waals surface area (Å²) in [6.07, 6.45) is 21.5. The van der Waals surface area contributed by atoms with Crippen molar-refractivity contribution >= 4 is 10.4 Å². The minimum Gasteiger partial charge on any atom is -0.395 e. The number of unbranched alkanes of at least 4 members (excludes halogenated alkanes) is 12. The van der Waals surface area contributed by atoms with E-state index in [0.29, 0.717) is 6.42 Å². The molecule has 0 rings (SSSR count). The van der Waals surface area contributed by atoms with Crippen LogP contribution in [0.2, 0.25) is 0 Å². The van der Waals surface area contributed by atoms with Crippen LogP contribution in [0.5, 0.6) is 0 Å². The van der Waals surface area contributed by atoms with E-state index >= 15 is 0 Å². The summed E-state index contributed by atoms with van der Waals surface area (Å²) in [5.74, 6) is 0. The Morgan fingerprint density at radius 3 is 1.58 bits per heavy atom. The van der Waals surface area contributed by atoms with E-state index in [1.165, 1.54) is 70.6 Å². The van der Waals surface area contributed by atoms with E-state index in [2.05, 4.69) is 42.0 Å². The second kappa shape index (κ2) is 25.8. The Balaban J connectivity index is 0. The number of hydrogen-bond acceptors (Lipinski definition) is 5. The van der Waals surface area contributed by atoms with Gasteiger partial charge in [-0.05, 0) is 45.2 Å². The van der Waals surface area contributed by atoms with Gasteiger partial charge in [0.05, 0.1) is 13.2 Å². The van der Waals surface area contributed by atoms with Gasteiger partial charge in [-0.1, -0.05) is 90.7 Å². The van der Waals surface area contributed by atoms with Crippen LogP contribution in [0, 0.1) is 0 Å².